The van der Waals surface area contributed by atoms with Crippen LogP contribution >= 0.6 is 0 Å². The van der Waals surface area contributed by atoms with Crippen molar-refractivity contribution in [3.05, 3.63) is 24.3 Å². The van der Waals surface area contributed by atoms with Gasteiger partial charge in [0.25, 0.3) is 0 Å². The van der Waals surface area contributed by atoms with Crippen LogP contribution in [0.25, 0.3) is 0 Å². The van der Waals surface area contributed by atoms with Crippen LogP contribution in [0.2, 0.25) is 0 Å². The number of carbonyl (C=O) groups excluding carboxylic acids is 1. The minimum Gasteiger partial charge on any atom is -0.495 e. The van der Waals surface area contributed by atoms with E-state index in [0.717, 1.165) is 19.5 Å². The summed E-state index contributed by atoms with van der Waals surface area (Å²) >= 11 is 0. The summed E-state index contributed by atoms with van der Waals surface area (Å²) in [6.45, 7) is 4.86. The Labute approximate surface area is 120 Å². The quantitative estimate of drug-likeness (QED) is 0.735. The third-order valence-electron chi connectivity index (χ3n) is 3.65. The molecule has 0 bridgehead atoms. The Morgan fingerprint density at radius 2 is 2.25 bits per heavy atom. The third-order valence-corrected chi connectivity index (χ3v) is 3.65. The number of benzene rings is 1. The molecule has 5 heteroatoms. The summed E-state index contributed by atoms with van der Waals surface area (Å²) in [5.41, 5.74) is 0.832. The molecule has 1 aromatic rings. The number of nitrogens with one attached hydrogen (secondary N) is 3. The van der Waals surface area contributed by atoms with Crippen LogP contribution in [0.5, 0.6) is 5.75 Å². The number of amides is 1. The summed E-state index contributed by atoms with van der Waals surface area (Å²) in [5.74, 6) is 0.678. The molecule has 0 aliphatic carbocycles. The van der Waals surface area contributed by atoms with Crippen molar-refractivity contribution in [1.82, 2.24) is 10.6 Å². The first kappa shape index (κ1) is 14.8. The van der Waals surface area contributed by atoms with Crippen LogP contribution in [-0.2, 0) is 4.79 Å². The first-order chi connectivity index (χ1) is 9.63. The van der Waals surface area contributed by atoms with Crippen molar-refractivity contribution in [1.29, 1.82) is 0 Å². The zero-order valence-electron chi connectivity index (χ0n) is 12.2. The van der Waals surface area contributed by atoms with Crippen molar-refractivity contribution in [2.24, 2.45) is 0 Å². The fourth-order valence-corrected chi connectivity index (χ4v) is 2.41. The molecule has 1 aromatic carbocycles. The van der Waals surface area contributed by atoms with Gasteiger partial charge in [-0.3, -0.25) is 4.79 Å². The molecule has 1 aliphatic rings. The second-order valence-corrected chi connectivity index (χ2v) is 5.41. The highest BCUT2D eigenvalue weighted by molar-refractivity contribution is 5.92. The first-order valence-electron chi connectivity index (χ1n) is 7.02. The van der Waals surface area contributed by atoms with Crippen molar-refractivity contribution >= 4 is 11.6 Å². The standard InChI is InChI=1S/C15H23N3O2/c1-15(8-10-16-11-15)17-9-7-14(19)18-12-5-3-4-6-13(12)20-2/h3-6,16-17H,7-11H2,1-2H3,(H,18,19). The molecular formula is C15H23N3O2. The van der Waals surface area contributed by atoms with Crippen LogP contribution in [-0.4, -0.2) is 38.2 Å². The van der Waals surface area contributed by atoms with Crippen LogP contribution in [0.1, 0.15) is 19.8 Å². The van der Waals surface area contributed by atoms with Crippen molar-refractivity contribution in [2.45, 2.75) is 25.3 Å². The summed E-state index contributed by atoms with van der Waals surface area (Å²) in [7, 11) is 1.60. The number of ether oxygens (including phenoxy) is 1. The largest absolute Gasteiger partial charge is 0.495 e. The molecule has 1 saturated heterocycles. The molecule has 5 nitrogen and oxygen atoms in total. The van der Waals surface area contributed by atoms with Crippen molar-refractivity contribution in [2.75, 3.05) is 32.1 Å². The Morgan fingerprint density at radius 3 is 2.95 bits per heavy atom. The Hall–Kier alpha value is -1.59. The van der Waals surface area contributed by atoms with Gasteiger partial charge in [0, 0.05) is 25.0 Å². The lowest BCUT2D eigenvalue weighted by Crippen LogP contribution is -2.45. The number of para-hydroxylation sites is 2. The maximum atomic E-state index is 11.9. The number of hydrogen-bond donors (Lipinski definition) is 3. The smallest absolute Gasteiger partial charge is 0.225 e. The molecule has 20 heavy (non-hydrogen) atoms. The Kier molecular flexibility index (Phi) is 4.98. The molecule has 1 unspecified atom stereocenters. The molecule has 1 heterocycles. The second kappa shape index (κ2) is 6.72. The Morgan fingerprint density at radius 1 is 1.45 bits per heavy atom. The van der Waals surface area contributed by atoms with E-state index in [1.165, 1.54) is 0 Å². The van der Waals surface area contributed by atoms with Gasteiger partial charge in [0.15, 0.2) is 0 Å². The Bertz CT molecular complexity index is 456. The average Bonchev–Trinajstić information content (AvgIpc) is 2.86. The monoisotopic (exact) mass is 277 g/mol. The number of hydrogen-bond acceptors (Lipinski definition) is 4. The van der Waals surface area contributed by atoms with E-state index >= 15 is 0 Å². The van der Waals surface area contributed by atoms with Gasteiger partial charge in [0.05, 0.1) is 12.8 Å². The molecule has 2 rings (SSSR count). The van der Waals surface area contributed by atoms with Gasteiger partial charge in [0.2, 0.25) is 5.91 Å². The van der Waals surface area contributed by atoms with Gasteiger partial charge < -0.3 is 20.7 Å². The van der Waals surface area contributed by atoms with Gasteiger partial charge in [-0.15, -0.1) is 0 Å². The van der Waals surface area contributed by atoms with E-state index < -0.39 is 0 Å². The molecule has 110 valence electrons. The Balaban J connectivity index is 1.78. The third kappa shape index (κ3) is 3.95. The normalized spacial score (nSPS) is 21.7. The van der Waals surface area contributed by atoms with Crippen molar-refractivity contribution in [3.63, 3.8) is 0 Å². The van der Waals surface area contributed by atoms with Crippen LogP contribution in [0.15, 0.2) is 24.3 Å². The fraction of sp³-hybridized carbons (Fsp3) is 0.533. The van der Waals surface area contributed by atoms with Crippen LogP contribution in [0, 0.1) is 0 Å². The van der Waals surface area contributed by atoms with E-state index in [1.54, 1.807) is 7.11 Å². The van der Waals surface area contributed by atoms with E-state index in [-0.39, 0.29) is 11.4 Å². The SMILES string of the molecule is COc1ccccc1NC(=O)CCNC1(C)CCNC1. The number of methoxy groups -OCH3 is 1. The number of anilines is 1. The van der Waals surface area contributed by atoms with Gasteiger partial charge >= 0.3 is 0 Å². The highest BCUT2D eigenvalue weighted by atomic mass is 16.5. The van der Waals surface area contributed by atoms with Gasteiger partial charge in [-0.25, -0.2) is 0 Å². The molecule has 1 aliphatic heterocycles. The second-order valence-electron chi connectivity index (χ2n) is 5.41. The maximum Gasteiger partial charge on any atom is 0.225 e. The average molecular weight is 277 g/mol. The van der Waals surface area contributed by atoms with Crippen LogP contribution in [0.4, 0.5) is 5.69 Å². The molecule has 1 fully saturated rings. The van der Waals surface area contributed by atoms with Gasteiger partial charge in [0.1, 0.15) is 5.75 Å². The van der Waals surface area contributed by atoms with E-state index in [0.29, 0.717) is 24.4 Å². The van der Waals surface area contributed by atoms with E-state index in [2.05, 4.69) is 22.9 Å². The zero-order chi connectivity index (χ0) is 14.4. The minimum atomic E-state index is -0.00319. The van der Waals surface area contributed by atoms with E-state index in [4.69, 9.17) is 4.74 Å². The van der Waals surface area contributed by atoms with Crippen molar-refractivity contribution in [3.8, 4) is 5.75 Å². The van der Waals surface area contributed by atoms with Crippen molar-refractivity contribution < 1.29 is 9.53 Å². The summed E-state index contributed by atoms with van der Waals surface area (Å²) in [5, 5.41) is 9.65. The summed E-state index contributed by atoms with van der Waals surface area (Å²) in [6.07, 6.45) is 1.55. The summed E-state index contributed by atoms with van der Waals surface area (Å²) in [6, 6.07) is 7.43. The zero-order valence-corrected chi connectivity index (χ0v) is 12.2. The van der Waals surface area contributed by atoms with Gasteiger partial charge in [-0.2, -0.15) is 0 Å². The predicted octanol–water partition coefficient (Wildman–Crippen LogP) is 1.37. The number of carbonyl (C=O) groups is 1. The molecule has 0 saturated carbocycles. The first-order valence-corrected chi connectivity index (χ1v) is 7.02. The highest BCUT2D eigenvalue weighted by Gasteiger charge is 2.27. The summed E-state index contributed by atoms with van der Waals surface area (Å²) < 4.78 is 5.21. The van der Waals surface area contributed by atoms with Gasteiger partial charge in [-0.05, 0) is 32.0 Å². The lowest BCUT2D eigenvalue weighted by molar-refractivity contribution is -0.116. The predicted molar refractivity (Wildman–Crippen MR) is 80.1 cm³/mol. The summed E-state index contributed by atoms with van der Waals surface area (Å²) in [4.78, 5) is 11.9. The molecule has 0 radical (unpaired) electrons. The van der Waals surface area contributed by atoms with Gasteiger partial charge in [-0.1, -0.05) is 12.1 Å². The lowest BCUT2D eigenvalue weighted by atomic mass is 10.0. The lowest BCUT2D eigenvalue weighted by Gasteiger charge is -2.24. The highest BCUT2D eigenvalue weighted by Crippen LogP contribution is 2.23. The van der Waals surface area contributed by atoms with E-state index in [1.807, 2.05) is 24.3 Å². The van der Waals surface area contributed by atoms with E-state index in [9.17, 15) is 4.79 Å². The topological polar surface area (TPSA) is 62.4 Å². The minimum absolute atomic E-state index is 0.00319. The van der Waals surface area contributed by atoms with Crippen LogP contribution in [0.3, 0.4) is 0 Å². The molecular weight excluding hydrogens is 254 g/mol. The van der Waals surface area contributed by atoms with Crippen LogP contribution < -0.4 is 20.7 Å². The molecule has 3 N–H and O–H groups in total. The molecule has 1 atom stereocenters. The molecule has 0 aromatic heterocycles. The molecule has 0 spiro atoms. The number of rotatable bonds is 6. The maximum absolute atomic E-state index is 11.9. The molecule has 1 amide bonds. The fourth-order valence-electron chi connectivity index (χ4n) is 2.41.